The van der Waals surface area contributed by atoms with Gasteiger partial charge in [0.1, 0.15) is 34.6 Å². The van der Waals surface area contributed by atoms with Crippen LogP contribution in [0.2, 0.25) is 0 Å². The smallest absolute Gasteiger partial charge is 0.741 e. The molecule has 50 heavy (non-hydrogen) atoms. The first-order valence-electron chi connectivity index (χ1n) is 15.6. The van der Waals surface area contributed by atoms with E-state index < -0.39 is 7.26 Å². The Morgan fingerprint density at radius 1 is 0.600 bits per heavy atom. The number of hydrogen-bond donors (Lipinski definition) is 3. The van der Waals surface area contributed by atoms with E-state index in [1.807, 2.05) is 72.8 Å². The second-order valence-electron chi connectivity index (χ2n) is 10.7. The molecule has 5 aromatic rings. The van der Waals surface area contributed by atoms with E-state index in [0.29, 0.717) is 30.9 Å². The van der Waals surface area contributed by atoms with Gasteiger partial charge in [0.25, 0.3) is 0 Å². The van der Waals surface area contributed by atoms with Gasteiger partial charge in [-0.2, -0.15) is 10.2 Å². The SMILES string of the molecule is CN/C([S-])=N/N=C(/C(=N/N=C(\[S-])NCCOC[P+](c1ccccc1)(c1ccccc1)c1ccccc1)c1ccccc1)c1ccc(S)cc1.[Cu+2]. The summed E-state index contributed by atoms with van der Waals surface area (Å²) in [6, 6.07) is 49.1. The van der Waals surface area contributed by atoms with Crippen molar-refractivity contribution >= 4 is 82.8 Å². The molecule has 2 N–H and O–H groups in total. The van der Waals surface area contributed by atoms with Crippen LogP contribution in [0.3, 0.4) is 0 Å². The van der Waals surface area contributed by atoms with Gasteiger partial charge in [-0.25, -0.2) is 0 Å². The average molecular weight is 783 g/mol. The van der Waals surface area contributed by atoms with E-state index in [0.717, 1.165) is 16.0 Å². The fourth-order valence-electron chi connectivity index (χ4n) is 5.12. The number of amidine groups is 2. The maximum absolute atomic E-state index is 6.47. The minimum atomic E-state index is -2.11. The molecule has 0 aliphatic rings. The van der Waals surface area contributed by atoms with Crippen molar-refractivity contribution in [3.05, 3.63) is 157 Å². The van der Waals surface area contributed by atoms with Crippen LogP contribution in [0.25, 0.3) is 0 Å². The summed E-state index contributed by atoms with van der Waals surface area (Å²) < 4.78 is 6.47. The summed E-state index contributed by atoms with van der Waals surface area (Å²) in [7, 11) is -0.412. The minimum absolute atomic E-state index is 0. The second-order valence-corrected chi connectivity index (χ2v) is 15.4. The quantitative estimate of drug-likeness (QED) is 0.0210. The Bertz CT molecular complexity index is 1800. The van der Waals surface area contributed by atoms with Gasteiger partial charge in [-0.05, 0) is 58.9 Å². The molecule has 0 saturated carbocycles. The van der Waals surface area contributed by atoms with Crippen LogP contribution in [0.1, 0.15) is 11.1 Å². The zero-order valence-corrected chi connectivity index (χ0v) is 31.6. The van der Waals surface area contributed by atoms with Crippen molar-refractivity contribution in [1.29, 1.82) is 0 Å². The van der Waals surface area contributed by atoms with Gasteiger partial charge in [0.2, 0.25) is 0 Å². The summed E-state index contributed by atoms with van der Waals surface area (Å²) in [6.07, 6.45) is 0.538. The summed E-state index contributed by atoms with van der Waals surface area (Å²) in [5.41, 5.74) is 2.53. The zero-order chi connectivity index (χ0) is 34.3. The third-order valence-electron chi connectivity index (χ3n) is 7.51. The molecular weight excluding hydrogens is 747 g/mol. The Morgan fingerprint density at radius 3 is 1.48 bits per heavy atom. The number of nitrogens with zero attached hydrogens (tertiary/aromatic N) is 4. The van der Waals surface area contributed by atoms with Crippen LogP contribution < -0.4 is 26.5 Å². The molecule has 0 unspecified atom stereocenters. The first-order chi connectivity index (χ1) is 24.0. The molecule has 0 aliphatic carbocycles. The molecule has 0 heterocycles. The van der Waals surface area contributed by atoms with Gasteiger partial charge < -0.3 is 40.6 Å². The molecule has 5 aromatic carbocycles. The van der Waals surface area contributed by atoms with Gasteiger partial charge in [-0.1, -0.05) is 97.1 Å². The topological polar surface area (TPSA) is 82.7 Å². The summed E-state index contributed by atoms with van der Waals surface area (Å²) >= 11 is 15.2. The van der Waals surface area contributed by atoms with Crippen LogP contribution in [0.5, 0.6) is 0 Å². The fourth-order valence-corrected chi connectivity index (χ4v) is 9.25. The third-order valence-corrected chi connectivity index (χ3v) is 12.4. The molecule has 257 valence electrons. The van der Waals surface area contributed by atoms with E-state index in [1.54, 1.807) is 7.05 Å². The van der Waals surface area contributed by atoms with Crippen LogP contribution in [-0.2, 0) is 47.1 Å². The molecule has 0 atom stereocenters. The van der Waals surface area contributed by atoms with Crippen LogP contribution in [0.4, 0.5) is 0 Å². The number of thiol groups is 1. The molecule has 7 nitrogen and oxygen atoms in total. The van der Waals surface area contributed by atoms with Gasteiger partial charge >= 0.3 is 17.1 Å². The van der Waals surface area contributed by atoms with Crippen molar-refractivity contribution in [3.63, 3.8) is 0 Å². The maximum Gasteiger partial charge on any atom is 2.00 e. The molecule has 0 amide bonds. The Balaban J connectivity index is 0.00000562. The van der Waals surface area contributed by atoms with E-state index in [1.165, 1.54) is 15.9 Å². The van der Waals surface area contributed by atoms with Crippen LogP contribution >= 0.6 is 19.9 Å². The van der Waals surface area contributed by atoms with Crippen molar-refractivity contribution in [2.45, 2.75) is 4.90 Å². The Hall–Kier alpha value is -3.92. The molecule has 12 heteroatoms. The predicted octanol–water partition coefficient (Wildman–Crippen LogP) is 5.66. The summed E-state index contributed by atoms with van der Waals surface area (Å²) in [5.74, 6) is 0. The largest absolute Gasteiger partial charge is 2.00 e. The van der Waals surface area contributed by atoms with Crippen LogP contribution in [0, 0.1) is 0 Å². The molecule has 1 radical (unpaired) electrons. The number of rotatable bonds is 13. The summed E-state index contributed by atoms with van der Waals surface area (Å²) in [4.78, 5) is 0.817. The van der Waals surface area contributed by atoms with E-state index in [9.17, 15) is 0 Å². The molecule has 5 rings (SSSR count). The van der Waals surface area contributed by atoms with Crippen molar-refractivity contribution in [2.75, 3.05) is 26.5 Å². The second kappa shape index (κ2) is 20.1. The fraction of sp³-hybridized carbons (Fsp3) is 0.105. The molecule has 0 bridgehead atoms. The molecule has 0 fully saturated rings. The third kappa shape index (κ3) is 10.3. The maximum atomic E-state index is 6.47. The normalized spacial score (nSPS) is 12.6. The average Bonchev–Trinajstić information content (AvgIpc) is 3.16. The van der Waals surface area contributed by atoms with E-state index in [2.05, 4.69) is 116 Å². The number of ether oxygens (including phenoxy) is 1. The zero-order valence-electron chi connectivity index (χ0n) is 27.2. The number of nitrogens with one attached hydrogen (secondary N) is 2. The number of hydrogen-bond acceptors (Lipinski definition) is 8. The van der Waals surface area contributed by atoms with E-state index >= 15 is 0 Å². The monoisotopic (exact) mass is 782 g/mol. The van der Waals surface area contributed by atoms with Crippen molar-refractivity contribution in [3.8, 4) is 0 Å². The van der Waals surface area contributed by atoms with E-state index in [-0.39, 0.29) is 27.4 Å². The standard InChI is InChI=1S/C38H37N6OPS3.Cu/c1-39-37(48)43-41-36(30-22-24-34(47)25-23-30)35(29-14-6-2-7-15-29)42-44-38(49)40-26-27-45-28-46(31-16-8-3-9-17-31,32-18-10-4-11-19-32)33-20-12-5-13-21-33;/h2-25H,26-28H2,1H3,(H4-,39,40,41,42,43,44,47,48,49);/q;+2/p-1. The van der Waals surface area contributed by atoms with Crippen molar-refractivity contribution < 1.29 is 21.8 Å². The Labute approximate surface area is 321 Å². The first-order valence-corrected chi connectivity index (χ1v) is 18.8. The van der Waals surface area contributed by atoms with E-state index in [4.69, 9.17) is 30.0 Å². The van der Waals surface area contributed by atoms with Gasteiger partial charge in [-0.3, -0.25) is 0 Å². The minimum Gasteiger partial charge on any atom is -0.741 e. The molecule has 0 aromatic heterocycles. The van der Waals surface area contributed by atoms with Crippen LogP contribution in [-0.4, -0.2) is 48.3 Å². The van der Waals surface area contributed by atoms with Crippen LogP contribution in [0.15, 0.2) is 171 Å². The van der Waals surface area contributed by atoms with Gasteiger partial charge in [0, 0.05) is 29.6 Å². The van der Waals surface area contributed by atoms with Gasteiger partial charge in [-0.15, -0.1) is 22.8 Å². The van der Waals surface area contributed by atoms with Crippen molar-refractivity contribution in [1.82, 2.24) is 10.6 Å². The summed E-state index contributed by atoms with van der Waals surface area (Å²) in [5, 5.41) is 27.9. The molecule has 0 aliphatic heterocycles. The predicted molar refractivity (Wildman–Crippen MR) is 216 cm³/mol. The molecule has 0 spiro atoms. The van der Waals surface area contributed by atoms with Crippen molar-refractivity contribution in [2.24, 2.45) is 20.4 Å². The summed E-state index contributed by atoms with van der Waals surface area (Å²) in [6.45, 7) is 0.870. The number of benzene rings is 5. The van der Waals surface area contributed by atoms with Gasteiger partial charge in [0.05, 0.1) is 6.61 Å². The van der Waals surface area contributed by atoms with Gasteiger partial charge in [0.15, 0.2) is 6.35 Å². The Kier molecular flexibility index (Phi) is 15.6. The Morgan fingerprint density at radius 2 is 1.02 bits per heavy atom. The molecule has 0 saturated heterocycles. The first kappa shape index (κ1) is 38.9. The molecular formula is C38H36CuN6OPS3+.